The Balaban J connectivity index is 1.84. The second-order valence-electron chi connectivity index (χ2n) is 8.62. The first kappa shape index (κ1) is 25.0. The van der Waals surface area contributed by atoms with Gasteiger partial charge in [0.2, 0.25) is 5.91 Å². The van der Waals surface area contributed by atoms with Gasteiger partial charge in [-0.1, -0.05) is 30.9 Å². The average molecular weight is 495 g/mol. The fraction of sp³-hybridized carbons (Fsp3) is 0.269. The first-order valence-corrected chi connectivity index (χ1v) is 11.3. The Bertz CT molecular complexity index is 1340. The number of pyridine rings is 2. The van der Waals surface area contributed by atoms with Crippen molar-refractivity contribution in [3.05, 3.63) is 77.8 Å². The lowest BCUT2D eigenvalue weighted by atomic mass is 9.85. The molecule has 2 atom stereocenters. The third-order valence-electron chi connectivity index (χ3n) is 5.79. The monoisotopic (exact) mass is 494 g/mol. The first-order valence-electron chi connectivity index (χ1n) is 11.3. The van der Waals surface area contributed by atoms with Gasteiger partial charge in [0, 0.05) is 30.2 Å². The van der Waals surface area contributed by atoms with E-state index in [1.54, 1.807) is 13.0 Å². The molecule has 0 saturated carbocycles. The molecule has 0 spiro atoms. The lowest BCUT2D eigenvalue weighted by Crippen LogP contribution is -2.26. The van der Waals surface area contributed by atoms with Crippen LogP contribution >= 0.6 is 0 Å². The van der Waals surface area contributed by atoms with E-state index < -0.39 is 11.9 Å². The number of nitrogens with zero attached hydrogens (tertiary/aromatic N) is 4. The molecule has 2 aromatic rings. The number of amides is 1. The summed E-state index contributed by atoms with van der Waals surface area (Å²) in [5.74, 6) is 0.529. The predicted molar refractivity (Wildman–Crippen MR) is 135 cm³/mol. The van der Waals surface area contributed by atoms with Crippen LogP contribution in [-0.4, -0.2) is 33.6 Å². The number of carbonyl (C=O) groups excluding carboxylic acids is 1. The van der Waals surface area contributed by atoms with Gasteiger partial charge in [-0.3, -0.25) is 9.79 Å². The second kappa shape index (κ2) is 9.88. The van der Waals surface area contributed by atoms with Gasteiger partial charge in [-0.15, -0.1) is 0 Å². The summed E-state index contributed by atoms with van der Waals surface area (Å²) in [6.07, 6.45) is 3.50. The van der Waals surface area contributed by atoms with E-state index in [0.717, 1.165) is 11.6 Å². The molecule has 186 valence electrons. The number of alkyl halides is 3. The number of allylic oxidation sites excluding steroid dienone is 4. The van der Waals surface area contributed by atoms with Crippen molar-refractivity contribution < 1.29 is 18.0 Å². The number of aromatic nitrogens is 2. The SMILES string of the molecule is C=C(C)c1c(NC2=NC(c3cccc(C(F)(F)F)n3)=NC(C)C3CC=CC=C23)ccnc1NC(C)=O. The fourth-order valence-electron chi connectivity index (χ4n) is 4.17. The van der Waals surface area contributed by atoms with Crippen molar-refractivity contribution in [3.8, 4) is 0 Å². The summed E-state index contributed by atoms with van der Waals surface area (Å²) < 4.78 is 40.0. The normalized spacial score (nSPS) is 19.3. The summed E-state index contributed by atoms with van der Waals surface area (Å²) in [5, 5.41) is 6.02. The van der Waals surface area contributed by atoms with Crippen LogP contribution in [0.4, 0.5) is 24.7 Å². The summed E-state index contributed by atoms with van der Waals surface area (Å²) in [4.78, 5) is 29.1. The van der Waals surface area contributed by atoms with Crippen molar-refractivity contribution in [2.24, 2.45) is 15.9 Å². The molecule has 1 aliphatic carbocycles. The van der Waals surface area contributed by atoms with Crippen molar-refractivity contribution in [3.63, 3.8) is 0 Å². The van der Waals surface area contributed by atoms with E-state index in [1.165, 1.54) is 25.3 Å². The van der Waals surface area contributed by atoms with Crippen molar-refractivity contribution in [2.75, 3.05) is 10.6 Å². The van der Waals surface area contributed by atoms with Crippen LogP contribution in [0.15, 0.2) is 70.8 Å². The molecule has 10 heteroatoms. The second-order valence-corrected chi connectivity index (χ2v) is 8.62. The molecular weight excluding hydrogens is 469 g/mol. The largest absolute Gasteiger partial charge is 0.433 e. The molecule has 2 unspecified atom stereocenters. The fourth-order valence-corrected chi connectivity index (χ4v) is 4.17. The minimum atomic E-state index is -4.59. The summed E-state index contributed by atoms with van der Waals surface area (Å²) in [7, 11) is 0. The first-order chi connectivity index (χ1) is 17.0. The maximum Gasteiger partial charge on any atom is 0.433 e. The summed E-state index contributed by atoms with van der Waals surface area (Å²) in [6.45, 7) is 9.10. The predicted octanol–water partition coefficient (Wildman–Crippen LogP) is 5.65. The lowest BCUT2D eigenvalue weighted by molar-refractivity contribution is -0.141. The summed E-state index contributed by atoms with van der Waals surface area (Å²) in [6, 6.07) is 5.13. The summed E-state index contributed by atoms with van der Waals surface area (Å²) >= 11 is 0. The number of halogens is 3. The number of rotatable bonds is 4. The Kier molecular flexibility index (Phi) is 6.87. The number of carbonyl (C=O) groups is 1. The minimum Gasteiger partial charge on any atom is -0.339 e. The molecule has 2 aliphatic rings. The zero-order chi connectivity index (χ0) is 26.0. The van der Waals surface area contributed by atoms with Gasteiger partial charge in [-0.2, -0.15) is 13.2 Å². The van der Waals surface area contributed by atoms with E-state index in [2.05, 4.69) is 37.2 Å². The van der Waals surface area contributed by atoms with Gasteiger partial charge in [0.25, 0.3) is 0 Å². The highest BCUT2D eigenvalue weighted by atomic mass is 19.4. The van der Waals surface area contributed by atoms with Crippen LogP contribution in [0.2, 0.25) is 0 Å². The highest BCUT2D eigenvalue weighted by Crippen LogP contribution is 2.34. The number of hydrogen-bond acceptors (Lipinski definition) is 6. The Labute approximate surface area is 206 Å². The van der Waals surface area contributed by atoms with Crippen LogP contribution in [0, 0.1) is 5.92 Å². The maximum atomic E-state index is 13.3. The highest BCUT2D eigenvalue weighted by Gasteiger charge is 2.34. The third kappa shape index (κ3) is 5.27. The molecule has 2 N–H and O–H groups in total. The Hall–Kier alpha value is -4.08. The quantitative estimate of drug-likeness (QED) is 0.575. The van der Waals surface area contributed by atoms with Gasteiger partial charge in [0.1, 0.15) is 23.0 Å². The molecule has 0 bridgehead atoms. The molecule has 1 aliphatic heterocycles. The molecule has 0 radical (unpaired) electrons. The zero-order valence-electron chi connectivity index (χ0n) is 20.0. The van der Waals surface area contributed by atoms with E-state index in [4.69, 9.17) is 0 Å². The Morgan fingerprint density at radius 1 is 1.19 bits per heavy atom. The van der Waals surface area contributed by atoms with Crippen LogP contribution < -0.4 is 10.6 Å². The average Bonchev–Trinajstić information content (AvgIpc) is 2.95. The molecule has 36 heavy (non-hydrogen) atoms. The number of anilines is 2. The van der Waals surface area contributed by atoms with Crippen molar-refractivity contribution in [1.29, 1.82) is 0 Å². The Morgan fingerprint density at radius 3 is 2.67 bits per heavy atom. The molecule has 1 amide bonds. The molecule has 0 fully saturated rings. The standard InChI is InChI=1S/C26H25F3N6O/c1-14(2)22-19(12-13-30-25(22)32-16(4)36)34-23-18-9-6-5-8-17(18)15(3)31-24(35-23)20-10-7-11-21(33-20)26(27,28)29/h5-7,9-13,15,17H,1,8H2,2-4H3,(H2,30,31,32,34,35,36). The van der Waals surface area contributed by atoms with E-state index in [0.29, 0.717) is 34.9 Å². The van der Waals surface area contributed by atoms with Gasteiger partial charge in [-0.05, 0) is 44.0 Å². The van der Waals surface area contributed by atoms with Gasteiger partial charge in [0.15, 0.2) is 5.84 Å². The van der Waals surface area contributed by atoms with Crippen molar-refractivity contribution in [1.82, 2.24) is 9.97 Å². The molecule has 7 nitrogen and oxygen atoms in total. The number of hydrogen-bond donors (Lipinski definition) is 2. The van der Waals surface area contributed by atoms with Gasteiger partial charge in [-0.25, -0.2) is 15.0 Å². The van der Waals surface area contributed by atoms with Crippen LogP contribution in [0.1, 0.15) is 44.1 Å². The van der Waals surface area contributed by atoms with Gasteiger partial charge >= 0.3 is 6.18 Å². The Morgan fingerprint density at radius 2 is 1.97 bits per heavy atom. The van der Waals surface area contributed by atoms with Gasteiger partial charge in [0.05, 0.1) is 11.7 Å². The molecule has 3 heterocycles. The molecule has 4 rings (SSSR count). The minimum absolute atomic E-state index is 0.0250. The highest BCUT2D eigenvalue weighted by molar-refractivity contribution is 6.17. The third-order valence-corrected chi connectivity index (χ3v) is 5.79. The van der Waals surface area contributed by atoms with Crippen LogP contribution in [0.3, 0.4) is 0 Å². The number of amidine groups is 2. The molecule has 0 aromatic carbocycles. The topological polar surface area (TPSA) is 91.6 Å². The number of aliphatic imine (C=N–C) groups is 2. The maximum absolute atomic E-state index is 13.3. The molecule has 0 saturated heterocycles. The molecule has 2 aromatic heterocycles. The van der Waals surface area contributed by atoms with Crippen LogP contribution in [0.5, 0.6) is 0 Å². The smallest absolute Gasteiger partial charge is 0.339 e. The van der Waals surface area contributed by atoms with E-state index in [9.17, 15) is 18.0 Å². The molecular formula is C26H25F3N6O. The van der Waals surface area contributed by atoms with Crippen molar-refractivity contribution >= 4 is 34.7 Å². The zero-order valence-corrected chi connectivity index (χ0v) is 20.0. The van der Waals surface area contributed by atoms with E-state index >= 15 is 0 Å². The summed E-state index contributed by atoms with van der Waals surface area (Å²) in [5.41, 5.74) is 1.70. The van der Waals surface area contributed by atoms with Gasteiger partial charge < -0.3 is 10.6 Å². The van der Waals surface area contributed by atoms with E-state index in [-0.39, 0.29) is 29.4 Å². The van der Waals surface area contributed by atoms with Crippen molar-refractivity contribution in [2.45, 2.75) is 39.4 Å². The van der Waals surface area contributed by atoms with Crippen LogP contribution in [-0.2, 0) is 11.0 Å². The van der Waals surface area contributed by atoms with Crippen LogP contribution in [0.25, 0.3) is 5.57 Å². The lowest BCUT2D eigenvalue weighted by Gasteiger charge is -2.25. The van der Waals surface area contributed by atoms with E-state index in [1.807, 2.05) is 25.2 Å². The number of nitrogens with one attached hydrogen (secondary N) is 2. The number of fused-ring (bicyclic) bond motifs is 1.